The first-order valence-electron chi connectivity index (χ1n) is 6.65. The molecule has 0 bridgehead atoms. The minimum atomic E-state index is -0.409. The zero-order valence-electron chi connectivity index (χ0n) is 13.6. The van der Waals surface area contributed by atoms with Gasteiger partial charge in [-0.2, -0.15) is 0 Å². The number of nitrogens with zero attached hydrogens (tertiary/aromatic N) is 1. The molecule has 1 rings (SSSR count). The van der Waals surface area contributed by atoms with E-state index in [1.165, 1.54) is 21.3 Å². The Morgan fingerprint density at radius 2 is 1.59 bits per heavy atom. The van der Waals surface area contributed by atoms with Crippen LogP contribution in [0.1, 0.15) is 16.8 Å². The molecule has 0 aromatic heterocycles. The number of halogens is 1. The van der Waals surface area contributed by atoms with Crippen LogP contribution >= 0.6 is 0 Å². The van der Waals surface area contributed by atoms with Crippen molar-refractivity contribution in [2.24, 2.45) is 0 Å². The predicted octanol–water partition coefficient (Wildman–Crippen LogP) is -1.18. The summed E-state index contributed by atoms with van der Waals surface area (Å²) in [6.07, 6.45) is 0.781. The molecule has 1 aromatic rings. The molecule has 0 unspecified atom stereocenters. The molecule has 22 heavy (non-hydrogen) atoms. The van der Waals surface area contributed by atoms with E-state index in [1.54, 1.807) is 12.1 Å². The number of ether oxygens (including phenoxy) is 4. The molecule has 0 radical (unpaired) electrons. The van der Waals surface area contributed by atoms with Gasteiger partial charge in [0.15, 0.2) is 11.5 Å². The van der Waals surface area contributed by atoms with E-state index in [9.17, 15) is 4.79 Å². The molecule has 0 aliphatic heterocycles. The van der Waals surface area contributed by atoms with Crippen LogP contribution in [0.3, 0.4) is 0 Å². The molecule has 0 saturated carbocycles. The summed E-state index contributed by atoms with van der Waals surface area (Å²) in [5, 5.41) is 0. The number of methoxy groups -OCH3 is 3. The lowest BCUT2D eigenvalue weighted by Gasteiger charge is -2.14. The number of carbonyl (C=O) groups excluding carboxylic acids is 1. The Bertz CT molecular complexity index is 454. The lowest BCUT2D eigenvalue weighted by Crippen LogP contribution is -3.00. The van der Waals surface area contributed by atoms with E-state index in [4.69, 9.17) is 18.9 Å². The number of benzene rings is 1. The Balaban J connectivity index is 0.00000441. The number of hydrogen-bond donors (Lipinski definition) is 0. The van der Waals surface area contributed by atoms with Gasteiger partial charge < -0.3 is 36.3 Å². The summed E-state index contributed by atoms with van der Waals surface area (Å²) in [6.45, 7) is 1.23. The van der Waals surface area contributed by atoms with Gasteiger partial charge >= 0.3 is 5.97 Å². The summed E-state index contributed by atoms with van der Waals surface area (Å²) in [5.74, 6) is 0.895. The summed E-state index contributed by atoms with van der Waals surface area (Å²) in [4.78, 5) is 14.1. The Morgan fingerprint density at radius 1 is 1.05 bits per heavy atom. The number of carbonyl (C=O) groups is 1. The second-order valence-corrected chi connectivity index (χ2v) is 4.71. The van der Waals surface area contributed by atoms with Crippen LogP contribution in [-0.2, 0) is 4.74 Å². The molecule has 0 N–H and O–H groups in total. The minimum Gasteiger partial charge on any atom is -1.00 e. The third-order valence-corrected chi connectivity index (χ3v) is 2.88. The van der Waals surface area contributed by atoms with E-state index in [-0.39, 0.29) is 12.4 Å². The molecule has 0 saturated heterocycles. The highest BCUT2D eigenvalue weighted by Gasteiger charge is 2.17. The van der Waals surface area contributed by atoms with Gasteiger partial charge in [0.2, 0.25) is 5.75 Å². The minimum absolute atomic E-state index is 0. The van der Waals surface area contributed by atoms with Crippen molar-refractivity contribution in [1.29, 1.82) is 0 Å². The van der Waals surface area contributed by atoms with E-state index in [0.717, 1.165) is 13.0 Å². The lowest BCUT2D eigenvalue weighted by atomic mass is 10.2. The predicted molar refractivity (Wildman–Crippen MR) is 79.6 cm³/mol. The first kappa shape index (κ1) is 20.3. The highest BCUT2D eigenvalue weighted by Crippen LogP contribution is 2.38. The Kier molecular flexibility index (Phi) is 9.37. The molecule has 0 aliphatic carbocycles. The van der Waals surface area contributed by atoms with Crippen LogP contribution in [0.4, 0.5) is 0 Å². The fourth-order valence-electron chi connectivity index (χ4n) is 1.83. The lowest BCUT2D eigenvalue weighted by molar-refractivity contribution is -0.0000233. The van der Waals surface area contributed by atoms with Crippen LogP contribution in [0.25, 0.3) is 0 Å². The van der Waals surface area contributed by atoms with Gasteiger partial charge in [0.05, 0.1) is 33.5 Å². The van der Waals surface area contributed by atoms with E-state index in [2.05, 4.69) is 0 Å². The largest absolute Gasteiger partial charge is 1.00 e. The van der Waals surface area contributed by atoms with Crippen molar-refractivity contribution < 1.29 is 36.1 Å². The third kappa shape index (κ3) is 5.61. The molecular weight excluding hydrogens is 310 g/mol. The van der Waals surface area contributed by atoms with Gasteiger partial charge in [-0.15, -0.1) is 0 Å². The zero-order chi connectivity index (χ0) is 15.8. The van der Waals surface area contributed by atoms with Gasteiger partial charge in [0.1, 0.15) is 0 Å². The van der Waals surface area contributed by atoms with Crippen molar-refractivity contribution in [1.82, 2.24) is 4.90 Å². The first-order chi connectivity index (χ1) is 10.0. The number of rotatable bonds is 8. The van der Waals surface area contributed by atoms with Gasteiger partial charge in [0.25, 0.3) is 0 Å². The fraction of sp³-hybridized carbons (Fsp3) is 0.533. The molecule has 1 aromatic carbocycles. The van der Waals surface area contributed by atoms with Gasteiger partial charge in [-0.05, 0) is 32.6 Å². The molecule has 6 nitrogen and oxygen atoms in total. The van der Waals surface area contributed by atoms with Gasteiger partial charge in [-0.25, -0.2) is 4.79 Å². The first-order valence-corrected chi connectivity index (χ1v) is 6.65. The normalized spacial score (nSPS) is 9.91. The van der Waals surface area contributed by atoms with Crippen LogP contribution < -0.4 is 26.6 Å². The van der Waals surface area contributed by atoms with Crippen molar-refractivity contribution in [2.75, 3.05) is 48.6 Å². The molecule has 126 valence electrons. The van der Waals surface area contributed by atoms with E-state index in [1.807, 2.05) is 19.0 Å². The monoisotopic (exact) mass is 332 g/mol. The van der Waals surface area contributed by atoms with Crippen LogP contribution in [0, 0.1) is 0 Å². The van der Waals surface area contributed by atoms with E-state index < -0.39 is 5.97 Å². The smallest absolute Gasteiger partial charge is 0.338 e. The maximum atomic E-state index is 12.0. The molecule has 0 amide bonds. The summed E-state index contributed by atoms with van der Waals surface area (Å²) in [6, 6.07) is 3.16. The summed E-state index contributed by atoms with van der Waals surface area (Å²) in [5.41, 5.74) is 0.370. The second kappa shape index (κ2) is 10.1. The second-order valence-electron chi connectivity index (χ2n) is 4.71. The third-order valence-electron chi connectivity index (χ3n) is 2.88. The van der Waals surface area contributed by atoms with Crippen LogP contribution in [0.5, 0.6) is 17.2 Å². The standard InChI is InChI=1S/C15H23NO5.ClH/c1-16(2)7-6-8-21-15(17)11-9-12(18-3)14(20-5)13(10-11)19-4;/h9-10H,6-8H2,1-5H3;1H/p-1. The highest BCUT2D eigenvalue weighted by atomic mass is 35.5. The Labute approximate surface area is 137 Å². The van der Waals surface area contributed by atoms with Gasteiger partial charge in [-0.3, -0.25) is 0 Å². The maximum Gasteiger partial charge on any atom is 0.338 e. The van der Waals surface area contributed by atoms with E-state index >= 15 is 0 Å². The molecule has 0 atom stereocenters. The molecule has 7 heteroatoms. The molecule has 0 aliphatic rings. The number of esters is 1. The molecule has 0 heterocycles. The van der Waals surface area contributed by atoms with Crippen molar-refractivity contribution in [3.05, 3.63) is 17.7 Å². The fourth-order valence-corrected chi connectivity index (χ4v) is 1.83. The van der Waals surface area contributed by atoms with Crippen LogP contribution in [-0.4, -0.2) is 59.4 Å². The maximum absolute atomic E-state index is 12.0. The summed E-state index contributed by atoms with van der Waals surface area (Å²) < 4.78 is 20.9. The quantitative estimate of drug-likeness (QED) is 0.441. The SMILES string of the molecule is COc1cc(C(=O)OCCCN(C)C)cc(OC)c1OC.[Cl-]. The summed E-state index contributed by atoms with van der Waals surface area (Å²) >= 11 is 0. The average molecular weight is 333 g/mol. The topological polar surface area (TPSA) is 57.2 Å². The molecule has 0 fully saturated rings. The van der Waals surface area contributed by atoms with Crippen molar-refractivity contribution in [3.63, 3.8) is 0 Å². The van der Waals surface area contributed by atoms with Crippen molar-refractivity contribution >= 4 is 5.97 Å². The Morgan fingerprint density at radius 3 is 2.00 bits per heavy atom. The van der Waals surface area contributed by atoms with E-state index in [0.29, 0.717) is 29.4 Å². The number of hydrogen-bond acceptors (Lipinski definition) is 6. The van der Waals surface area contributed by atoms with Crippen molar-refractivity contribution in [3.8, 4) is 17.2 Å². The molecule has 0 spiro atoms. The van der Waals surface area contributed by atoms with Gasteiger partial charge in [-0.1, -0.05) is 0 Å². The van der Waals surface area contributed by atoms with Gasteiger partial charge in [0, 0.05) is 6.54 Å². The average Bonchev–Trinajstić information content (AvgIpc) is 2.49. The zero-order valence-corrected chi connectivity index (χ0v) is 14.4. The van der Waals surface area contributed by atoms with Crippen molar-refractivity contribution in [2.45, 2.75) is 6.42 Å². The molecular formula is C15H23ClNO5-. The summed E-state index contributed by atoms with van der Waals surface area (Å²) in [7, 11) is 8.47. The van der Waals surface area contributed by atoms with Crippen LogP contribution in [0.15, 0.2) is 12.1 Å². The highest BCUT2D eigenvalue weighted by molar-refractivity contribution is 5.91. The van der Waals surface area contributed by atoms with Crippen LogP contribution in [0.2, 0.25) is 0 Å². The Hall–Kier alpha value is -1.66.